The van der Waals surface area contributed by atoms with E-state index in [0.717, 1.165) is 186 Å². The standard InChI is InChI=1S/C85H138O17P2/c1-5-9-13-17-21-25-29-33-37-39-43-46-50-54-58-62-66-70-83(88)96-76-81(102-85(90)72-68-64-60-56-52-48-44-40-38-34-30-26-22-18-14-10-6-2)78-100-104(93,94)98-74-79(86)73-97-103(91,92)99-77-80(101-84(89)71-67-63-59-55-51-47-42-36-32-28-24-20-16-12-8-4)75-95-82(87)69-65-61-57-53-49-45-41-35-31-27-23-19-15-11-7-3/h9-11,13-15,21-28,33-38,41-43,46,49,53,61,65,79-81,86H,5-8,12,16-20,29-32,39-40,44-45,47-48,50-52,54-60,62-64,66-78H2,1-4H3,(H,91,92)(H,93,94)/b13-9-,14-10-,15-11-,25-21-,26-22-,27-23-,28-24-,37-33-,38-34-,41-35-,42-36-,46-43-,53-49-,65-61-. The molecule has 19 heteroatoms. The fraction of sp³-hybridized carbons (Fsp3) is 0.624. The van der Waals surface area contributed by atoms with Crippen molar-refractivity contribution in [3.63, 3.8) is 0 Å². The summed E-state index contributed by atoms with van der Waals surface area (Å²) in [6.45, 7) is 4.33. The first-order valence-electron chi connectivity index (χ1n) is 39.4. The van der Waals surface area contributed by atoms with Crippen molar-refractivity contribution in [1.82, 2.24) is 0 Å². The molecule has 0 aromatic carbocycles. The molecule has 5 unspecified atom stereocenters. The second-order valence-corrected chi connectivity index (χ2v) is 28.4. The second-order valence-electron chi connectivity index (χ2n) is 25.5. The van der Waals surface area contributed by atoms with E-state index in [2.05, 4.69) is 174 Å². The van der Waals surface area contributed by atoms with Gasteiger partial charge in [0.1, 0.15) is 19.3 Å². The Balaban J connectivity index is 5.49. The van der Waals surface area contributed by atoms with Crippen LogP contribution in [-0.4, -0.2) is 96.7 Å². The molecular formula is C85H138O17P2. The number of phosphoric acid groups is 2. The van der Waals surface area contributed by atoms with Crippen LogP contribution in [0.25, 0.3) is 0 Å². The first-order valence-corrected chi connectivity index (χ1v) is 42.4. The zero-order chi connectivity index (χ0) is 76.0. The van der Waals surface area contributed by atoms with Gasteiger partial charge in [-0.3, -0.25) is 37.3 Å². The number of rotatable bonds is 72. The van der Waals surface area contributed by atoms with Gasteiger partial charge in [-0.2, -0.15) is 0 Å². The summed E-state index contributed by atoms with van der Waals surface area (Å²) in [6, 6.07) is 0. The lowest BCUT2D eigenvalue weighted by atomic mass is 10.1. The maximum absolute atomic E-state index is 13.1. The Morgan fingerprint density at radius 1 is 0.288 bits per heavy atom. The molecule has 104 heavy (non-hydrogen) atoms. The number of phosphoric ester groups is 2. The molecule has 0 aromatic rings. The van der Waals surface area contributed by atoms with Crippen molar-refractivity contribution in [2.24, 2.45) is 0 Å². The summed E-state index contributed by atoms with van der Waals surface area (Å²) in [5, 5.41) is 10.6. The minimum atomic E-state index is -5.01. The third kappa shape index (κ3) is 74.7. The van der Waals surface area contributed by atoms with Crippen LogP contribution in [0.15, 0.2) is 170 Å². The maximum Gasteiger partial charge on any atom is 0.472 e. The molecule has 3 N–H and O–H groups in total. The Morgan fingerprint density at radius 2 is 0.538 bits per heavy atom. The van der Waals surface area contributed by atoms with Gasteiger partial charge >= 0.3 is 39.5 Å². The fourth-order valence-electron chi connectivity index (χ4n) is 9.80. The molecule has 0 rings (SSSR count). The van der Waals surface area contributed by atoms with Crippen LogP contribution in [0, 0.1) is 0 Å². The van der Waals surface area contributed by atoms with Crippen molar-refractivity contribution >= 4 is 39.5 Å². The Kier molecular flexibility index (Phi) is 71.6. The molecule has 0 spiro atoms. The Hall–Kier alpha value is -5.58. The number of aliphatic hydroxyl groups is 1. The van der Waals surface area contributed by atoms with Crippen molar-refractivity contribution in [2.75, 3.05) is 39.6 Å². The average Bonchev–Trinajstić information content (AvgIpc) is 0.926. The van der Waals surface area contributed by atoms with E-state index in [-0.39, 0.29) is 25.7 Å². The monoisotopic (exact) mass is 1490 g/mol. The number of aliphatic hydroxyl groups excluding tert-OH is 1. The molecule has 0 aromatic heterocycles. The topological polar surface area (TPSA) is 237 Å². The summed E-state index contributed by atoms with van der Waals surface area (Å²) in [5.74, 6) is -2.39. The smallest absolute Gasteiger partial charge is 0.462 e. The van der Waals surface area contributed by atoms with Crippen molar-refractivity contribution in [2.45, 2.75) is 303 Å². The highest BCUT2D eigenvalue weighted by Gasteiger charge is 2.30. The van der Waals surface area contributed by atoms with Crippen LogP contribution in [0.1, 0.15) is 285 Å². The lowest BCUT2D eigenvalue weighted by Crippen LogP contribution is -2.30. The molecule has 0 aliphatic carbocycles. The Morgan fingerprint density at radius 3 is 0.856 bits per heavy atom. The molecule has 0 amide bonds. The summed E-state index contributed by atoms with van der Waals surface area (Å²) in [7, 11) is -10.0. The van der Waals surface area contributed by atoms with Gasteiger partial charge < -0.3 is 33.8 Å². The van der Waals surface area contributed by atoms with Gasteiger partial charge in [-0.25, -0.2) is 9.13 Å². The second kappa shape index (κ2) is 75.6. The van der Waals surface area contributed by atoms with Crippen molar-refractivity contribution in [3.8, 4) is 0 Å². The quantitative estimate of drug-likeness (QED) is 0.0169. The Labute approximate surface area is 629 Å². The van der Waals surface area contributed by atoms with Crippen LogP contribution < -0.4 is 0 Å². The van der Waals surface area contributed by atoms with E-state index in [4.69, 9.17) is 37.0 Å². The van der Waals surface area contributed by atoms with Crippen molar-refractivity contribution in [3.05, 3.63) is 170 Å². The van der Waals surface area contributed by atoms with E-state index in [0.29, 0.717) is 25.7 Å². The van der Waals surface area contributed by atoms with Gasteiger partial charge in [-0.15, -0.1) is 0 Å². The number of unbranched alkanes of at least 4 members (excludes halogenated alkanes) is 19. The zero-order valence-corrected chi connectivity index (χ0v) is 66.2. The first kappa shape index (κ1) is 98.4. The van der Waals surface area contributed by atoms with Gasteiger partial charge in [0.2, 0.25) is 0 Å². The lowest BCUT2D eigenvalue weighted by molar-refractivity contribution is -0.161. The molecule has 0 bridgehead atoms. The molecular weight excluding hydrogens is 1350 g/mol. The molecule has 0 heterocycles. The summed E-state index contributed by atoms with van der Waals surface area (Å²) in [5.41, 5.74) is 0. The number of carbonyl (C=O) groups is 4. The minimum absolute atomic E-state index is 0.0535. The molecule has 5 atom stereocenters. The number of carbonyl (C=O) groups excluding carboxylic acids is 4. The van der Waals surface area contributed by atoms with Gasteiger partial charge in [0.15, 0.2) is 12.2 Å². The van der Waals surface area contributed by atoms with E-state index in [1.807, 2.05) is 18.2 Å². The molecule has 590 valence electrons. The summed E-state index contributed by atoms with van der Waals surface area (Å²) >= 11 is 0. The third-order valence-electron chi connectivity index (χ3n) is 15.7. The normalized spacial score (nSPS) is 14.8. The van der Waals surface area contributed by atoms with Crippen molar-refractivity contribution in [1.29, 1.82) is 0 Å². The largest absolute Gasteiger partial charge is 0.472 e. The molecule has 0 aliphatic heterocycles. The van der Waals surface area contributed by atoms with E-state index >= 15 is 0 Å². The van der Waals surface area contributed by atoms with Gasteiger partial charge in [-0.1, -0.05) is 275 Å². The van der Waals surface area contributed by atoms with E-state index in [1.165, 1.54) is 19.3 Å². The highest BCUT2D eigenvalue weighted by atomic mass is 31.2. The highest BCUT2D eigenvalue weighted by Crippen LogP contribution is 2.45. The summed E-state index contributed by atoms with van der Waals surface area (Å²) in [4.78, 5) is 73.0. The van der Waals surface area contributed by atoms with Crippen molar-refractivity contribution < 1.29 is 80.2 Å². The minimum Gasteiger partial charge on any atom is -0.462 e. The van der Waals surface area contributed by atoms with Crippen LogP contribution in [0.3, 0.4) is 0 Å². The van der Waals surface area contributed by atoms with Crippen LogP contribution in [-0.2, 0) is 65.4 Å². The van der Waals surface area contributed by atoms with Crippen LogP contribution in [0.4, 0.5) is 0 Å². The molecule has 17 nitrogen and oxygen atoms in total. The summed E-state index contributed by atoms with van der Waals surface area (Å²) < 4.78 is 68.4. The summed E-state index contributed by atoms with van der Waals surface area (Å²) in [6.07, 6.45) is 89.3. The third-order valence-corrected chi connectivity index (χ3v) is 17.6. The van der Waals surface area contributed by atoms with Crippen LogP contribution in [0.2, 0.25) is 0 Å². The first-order chi connectivity index (χ1) is 50.7. The number of ether oxygens (including phenoxy) is 4. The van der Waals surface area contributed by atoms with Crippen LogP contribution >= 0.6 is 15.6 Å². The Bertz CT molecular complexity index is 2640. The van der Waals surface area contributed by atoms with Crippen LogP contribution in [0.5, 0.6) is 0 Å². The highest BCUT2D eigenvalue weighted by molar-refractivity contribution is 7.47. The van der Waals surface area contributed by atoms with E-state index in [9.17, 15) is 43.2 Å². The van der Waals surface area contributed by atoms with Gasteiger partial charge in [0.05, 0.1) is 32.8 Å². The van der Waals surface area contributed by atoms with Gasteiger partial charge in [0.25, 0.3) is 0 Å². The number of hydrogen-bond donors (Lipinski definition) is 3. The van der Waals surface area contributed by atoms with E-state index < -0.39 is 97.5 Å². The number of allylic oxidation sites excluding steroid dienone is 27. The fourth-order valence-corrected chi connectivity index (χ4v) is 11.4. The van der Waals surface area contributed by atoms with Gasteiger partial charge in [0, 0.05) is 19.3 Å². The average molecular weight is 1490 g/mol. The number of hydrogen-bond acceptors (Lipinski definition) is 15. The van der Waals surface area contributed by atoms with Gasteiger partial charge in [-0.05, 0) is 154 Å². The predicted octanol–water partition coefficient (Wildman–Crippen LogP) is 23.0. The molecule has 0 aliphatic rings. The zero-order valence-electron chi connectivity index (χ0n) is 64.4. The lowest BCUT2D eigenvalue weighted by Gasteiger charge is -2.21. The SMILES string of the molecule is CC/C=C\C/C=C\C/C=C\C/C=C\C/C=C\CC(=O)OCC(COP(=O)(O)OCC(O)COP(=O)(O)OCC(COC(=O)CCCCCC/C=C\C/C=C\C/C=C\C/C=C\CC)OC(=O)CCCCCCCCC/C=C\C/C=C\C/C=C\CC)OC(=O)CCCCCCC/C=C\C/C=C\CCCCC. The molecule has 0 radical (unpaired) electrons. The van der Waals surface area contributed by atoms with E-state index in [1.54, 1.807) is 6.08 Å². The molecule has 0 fully saturated rings. The molecule has 0 saturated heterocycles. The molecule has 0 saturated carbocycles. The predicted molar refractivity (Wildman–Crippen MR) is 426 cm³/mol. The number of esters is 4. The maximum atomic E-state index is 13.1.